The van der Waals surface area contributed by atoms with E-state index in [1.54, 1.807) is 31.2 Å². The highest BCUT2D eigenvalue weighted by molar-refractivity contribution is 5.89. The van der Waals surface area contributed by atoms with Crippen molar-refractivity contribution in [2.24, 2.45) is 0 Å². The van der Waals surface area contributed by atoms with Gasteiger partial charge in [0.1, 0.15) is 12.2 Å². The first-order chi connectivity index (χ1) is 16.1. The van der Waals surface area contributed by atoms with E-state index in [4.69, 9.17) is 18.9 Å². The quantitative estimate of drug-likeness (QED) is 0.447. The number of ether oxygens (including phenoxy) is 4. The first kappa shape index (κ1) is 23.1. The first-order valence-corrected chi connectivity index (χ1v) is 11.0. The average Bonchev–Trinajstić information content (AvgIpc) is 2.85. The number of alkyl halides is 1. The molecule has 0 spiro atoms. The topological polar surface area (TPSA) is 54.0 Å². The smallest absolute Gasteiger partial charge is 0.338 e. The molecule has 0 bridgehead atoms. The third-order valence-electron chi connectivity index (χ3n) is 5.54. The van der Waals surface area contributed by atoms with Crippen LogP contribution in [-0.4, -0.2) is 36.7 Å². The Kier molecular flexibility index (Phi) is 7.83. The van der Waals surface area contributed by atoms with E-state index in [1.165, 1.54) is 0 Å². The van der Waals surface area contributed by atoms with Crippen molar-refractivity contribution in [3.63, 3.8) is 0 Å². The molecule has 1 saturated heterocycles. The predicted molar refractivity (Wildman–Crippen MR) is 121 cm³/mol. The van der Waals surface area contributed by atoms with E-state index >= 15 is 4.39 Å². The second-order valence-electron chi connectivity index (χ2n) is 7.95. The van der Waals surface area contributed by atoms with Crippen molar-refractivity contribution in [3.05, 3.63) is 108 Å². The second-order valence-corrected chi connectivity index (χ2v) is 7.95. The molecule has 1 fully saturated rings. The van der Waals surface area contributed by atoms with Gasteiger partial charge in [-0.25, -0.2) is 9.18 Å². The van der Waals surface area contributed by atoms with Gasteiger partial charge in [0.15, 0.2) is 6.10 Å². The molecule has 4 rings (SSSR count). The van der Waals surface area contributed by atoms with E-state index in [1.807, 2.05) is 66.7 Å². The lowest BCUT2D eigenvalue weighted by Gasteiger charge is -2.42. The zero-order valence-electron chi connectivity index (χ0n) is 18.4. The Morgan fingerprint density at radius 3 is 1.79 bits per heavy atom. The Bertz CT molecular complexity index is 999. The van der Waals surface area contributed by atoms with Crippen LogP contribution in [0, 0.1) is 0 Å². The summed E-state index contributed by atoms with van der Waals surface area (Å²) in [4.78, 5) is 12.8. The highest BCUT2D eigenvalue weighted by Crippen LogP contribution is 2.30. The molecule has 6 heteroatoms. The molecule has 33 heavy (non-hydrogen) atoms. The van der Waals surface area contributed by atoms with Crippen molar-refractivity contribution in [1.29, 1.82) is 0 Å². The number of carbonyl (C=O) groups excluding carboxylic acids is 1. The van der Waals surface area contributed by atoms with Crippen molar-refractivity contribution in [3.8, 4) is 0 Å². The molecule has 3 aromatic carbocycles. The summed E-state index contributed by atoms with van der Waals surface area (Å²) in [7, 11) is 0. The third-order valence-corrected chi connectivity index (χ3v) is 5.54. The second kappa shape index (κ2) is 11.2. The predicted octanol–water partition coefficient (Wildman–Crippen LogP) is 5.10. The minimum absolute atomic E-state index is 0.175. The monoisotopic (exact) mass is 450 g/mol. The number of carbonyl (C=O) groups is 1. The number of halogens is 1. The van der Waals surface area contributed by atoms with E-state index in [2.05, 4.69) is 0 Å². The van der Waals surface area contributed by atoms with Crippen molar-refractivity contribution in [1.82, 2.24) is 0 Å². The highest BCUT2D eigenvalue weighted by atomic mass is 19.1. The molecule has 0 aliphatic carbocycles. The molecule has 0 radical (unpaired) electrons. The fraction of sp³-hybridized carbons (Fsp3) is 0.296. The van der Waals surface area contributed by atoms with Gasteiger partial charge in [-0.2, -0.15) is 0 Å². The van der Waals surface area contributed by atoms with Gasteiger partial charge in [-0.15, -0.1) is 0 Å². The van der Waals surface area contributed by atoms with Gasteiger partial charge < -0.3 is 18.9 Å². The molecule has 172 valence electrons. The van der Waals surface area contributed by atoms with Crippen LogP contribution in [0.2, 0.25) is 0 Å². The third kappa shape index (κ3) is 6.05. The van der Waals surface area contributed by atoms with Crippen LogP contribution in [-0.2, 0) is 32.2 Å². The molecular formula is C27H27FO5. The number of hydrogen-bond acceptors (Lipinski definition) is 5. The van der Waals surface area contributed by atoms with E-state index in [0.29, 0.717) is 5.56 Å². The molecular weight excluding hydrogens is 423 g/mol. The molecule has 5 nitrogen and oxygen atoms in total. The summed E-state index contributed by atoms with van der Waals surface area (Å²) in [5.74, 6) is -0.525. The summed E-state index contributed by atoms with van der Waals surface area (Å²) in [6, 6.07) is 27.7. The summed E-state index contributed by atoms with van der Waals surface area (Å²) < 4.78 is 38.4. The van der Waals surface area contributed by atoms with Gasteiger partial charge >= 0.3 is 5.97 Å². The zero-order chi connectivity index (χ0) is 23.0. The Morgan fingerprint density at radius 2 is 1.24 bits per heavy atom. The molecule has 0 N–H and O–H groups in total. The minimum Gasteiger partial charge on any atom is -0.453 e. The summed E-state index contributed by atoms with van der Waals surface area (Å²) in [6.07, 6.45) is -5.23. The standard InChI is InChI=1S/C27H27FO5/c1-19-23(33-27(29)22-15-9-4-10-16-22)24(30-17-20-11-5-2-6-12-20)25(26(28)32-19)31-18-21-13-7-3-8-14-21/h2-16,19,23-26H,17-18H2,1H3/t19?,23-,24?,25?,26?/m1/s1. The maximum absolute atomic E-state index is 15.0. The Morgan fingerprint density at radius 1 is 0.758 bits per heavy atom. The van der Waals surface area contributed by atoms with Crippen LogP contribution in [0.25, 0.3) is 0 Å². The summed E-state index contributed by atoms with van der Waals surface area (Å²) >= 11 is 0. The molecule has 4 unspecified atom stereocenters. The van der Waals surface area contributed by atoms with Crippen molar-refractivity contribution in [2.75, 3.05) is 0 Å². The normalized spacial score (nSPS) is 24.8. The Labute approximate surface area is 193 Å². The van der Waals surface area contributed by atoms with Crippen molar-refractivity contribution < 1.29 is 28.1 Å². The van der Waals surface area contributed by atoms with Gasteiger partial charge in [0.05, 0.1) is 24.9 Å². The van der Waals surface area contributed by atoms with Crippen molar-refractivity contribution in [2.45, 2.75) is 50.9 Å². The van der Waals surface area contributed by atoms with Gasteiger partial charge in [0.25, 0.3) is 0 Å². The van der Waals surface area contributed by atoms with Gasteiger partial charge in [0.2, 0.25) is 6.36 Å². The van der Waals surface area contributed by atoms with E-state index in [-0.39, 0.29) is 13.2 Å². The van der Waals surface area contributed by atoms with Gasteiger partial charge in [-0.05, 0) is 30.2 Å². The Balaban J connectivity index is 1.54. The fourth-order valence-electron chi connectivity index (χ4n) is 3.79. The van der Waals surface area contributed by atoms with Crippen LogP contribution in [0.5, 0.6) is 0 Å². The number of rotatable bonds is 8. The van der Waals surface area contributed by atoms with Crippen molar-refractivity contribution >= 4 is 5.97 Å². The van der Waals surface area contributed by atoms with Gasteiger partial charge in [0, 0.05) is 0 Å². The van der Waals surface area contributed by atoms with Crippen LogP contribution >= 0.6 is 0 Å². The minimum atomic E-state index is -1.73. The summed E-state index contributed by atoms with van der Waals surface area (Å²) in [5.41, 5.74) is 2.21. The lowest BCUT2D eigenvalue weighted by Crippen LogP contribution is -2.58. The molecule has 5 atom stereocenters. The Hall–Kier alpha value is -3.06. The van der Waals surface area contributed by atoms with Crippen LogP contribution in [0.1, 0.15) is 28.4 Å². The number of esters is 1. The highest BCUT2D eigenvalue weighted by Gasteiger charge is 2.48. The average molecular weight is 451 g/mol. The van der Waals surface area contributed by atoms with E-state index < -0.39 is 36.7 Å². The molecule has 1 aliphatic heterocycles. The number of benzene rings is 3. The molecule has 1 aliphatic rings. The van der Waals surface area contributed by atoms with Gasteiger partial charge in [-0.3, -0.25) is 0 Å². The SMILES string of the molecule is CC1OC(F)C(OCc2ccccc2)C(OCc2ccccc2)[C@@H]1OC(=O)c1ccccc1. The molecule has 0 amide bonds. The van der Waals surface area contributed by atoms with Gasteiger partial charge in [-0.1, -0.05) is 78.9 Å². The number of hydrogen-bond donors (Lipinski definition) is 0. The molecule has 0 saturated carbocycles. The molecule has 1 heterocycles. The first-order valence-electron chi connectivity index (χ1n) is 11.0. The van der Waals surface area contributed by atoms with E-state index in [9.17, 15) is 4.79 Å². The summed E-state index contributed by atoms with van der Waals surface area (Å²) in [6.45, 7) is 2.06. The zero-order valence-corrected chi connectivity index (χ0v) is 18.4. The van der Waals surface area contributed by atoms with E-state index in [0.717, 1.165) is 11.1 Å². The van der Waals surface area contributed by atoms with Crippen LogP contribution in [0.15, 0.2) is 91.0 Å². The maximum atomic E-state index is 15.0. The summed E-state index contributed by atoms with van der Waals surface area (Å²) in [5, 5.41) is 0. The largest absolute Gasteiger partial charge is 0.453 e. The molecule has 0 aromatic heterocycles. The van der Waals surface area contributed by atoms with Crippen LogP contribution < -0.4 is 0 Å². The lowest BCUT2D eigenvalue weighted by atomic mass is 9.99. The molecule has 3 aromatic rings. The lowest BCUT2D eigenvalue weighted by molar-refractivity contribution is -0.278. The fourth-order valence-corrected chi connectivity index (χ4v) is 3.79. The maximum Gasteiger partial charge on any atom is 0.338 e. The van der Waals surface area contributed by atoms with Crippen LogP contribution in [0.4, 0.5) is 4.39 Å². The van der Waals surface area contributed by atoms with Crippen LogP contribution in [0.3, 0.4) is 0 Å².